The van der Waals surface area contributed by atoms with E-state index in [9.17, 15) is 0 Å². The molecule has 1 heterocycles. The summed E-state index contributed by atoms with van der Waals surface area (Å²) < 4.78 is 0. The third-order valence-electron chi connectivity index (χ3n) is 1.66. The van der Waals surface area contributed by atoms with E-state index in [2.05, 4.69) is 11.4 Å². The minimum atomic E-state index is 0.753. The summed E-state index contributed by atoms with van der Waals surface area (Å²) in [6, 6.07) is 5.75. The number of halogens is 1. The lowest BCUT2D eigenvalue weighted by atomic mass is 10.1. The van der Waals surface area contributed by atoms with Gasteiger partial charge in [-0.3, -0.25) is 5.32 Å². The van der Waals surface area contributed by atoms with Gasteiger partial charge in [-0.15, -0.1) is 0 Å². The van der Waals surface area contributed by atoms with E-state index in [4.69, 9.17) is 11.6 Å². The van der Waals surface area contributed by atoms with Gasteiger partial charge in [0.1, 0.15) is 0 Å². The van der Waals surface area contributed by atoms with Gasteiger partial charge in [0.15, 0.2) is 0 Å². The van der Waals surface area contributed by atoms with Gasteiger partial charge in [-0.25, -0.2) is 0 Å². The third-order valence-corrected chi connectivity index (χ3v) is 1.89. The Hall–Kier alpha value is -0.950. The van der Waals surface area contributed by atoms with Crippen LogP contribution in [-0.2, 0) is 0 Å². The Morgan fingerprint density at radius 1 is 1.36 bits per heavy atom. The molecule has 0 unspecified atom stereocenters. The van der Waals surface area contributed by atoms with E-state index in [1.807, 2.05) is 24.3 Å². The average Bonchev–Trinajstić information content (AvgIpc) is 2.04. The smallest absolute Gasteiger partial charge is 0.0665 e. The molecule has 11 heavy (non-hydrogen) atoms. The Morgan fingerprint density at radius 2 is 2.27 bits per heavy atom. The maximum Gasteiger partial charge on any atom is 0.0665 e. The van der Waals surface area contributed by atoms with Crippen LogP contribution in [0.5, 0.6) is 0 Å². The predicted molar refractivity (Wildman–Crippen MR) is 47.1 cm³/mol. The number of nitrogens with zero attached hydrogens (tertiary/aromatic N) is 1. The van der Waals surface area contributed by atoms with E-state index >= 15 is 0 Å². The number of benzene rings is 1. The molecule has 0 saturated heterocycles. The predicted octanol–water partition coefficient (Wildman–Crippen LogP) is 2.60. The standard InChI is InChI=1S/C9H7ClN/c10-8-4-3-7-2-1-5-11-9(7)6-8/h1-4,6H,5H2. The van der Waals surface area contributed by atoms with Crippen LogP contribution in [0, 0.1) is 0 Å². The highest BCUT2D eigenvalue weighted by molar-refractivity contribution is 6.30. The first-order chi connectivity index (χ1) is 5.36. The molecular formula is C9H7ClN. The quantitative estimate of drug-likeness (QED) is 0.560. The number of rotatable bonds is 0. The van der Waals surface area contributed by atoms with Crippen molar-refractivity contribution in [2.45, 2.75) is 0 Å². The zero-order chi connectivity index (χ0) is 7.68. The molecule has 0 aliphatic carbocycles. The summed E-state index contributed by atoms with van der Waals surface area (Å²) in [7, 11) is 0. The van der Waals surface area contributed by atoms with Crippen LogP contribution in [0.1, 0.15) is 5.56 Å². The van der Waals surface area contributed by atoms with Gasteiger partial charge in [-0.1, -0.05) is 29.8 Å². The van der Waals surface area contributed by atoms with Crippen LogP contribution < -0.4 is 5.32 Å². The van der Waals surface area contributed by atoms with Crippen LogP contribution in [0.3, 0.4) is 0 Å². The highest BCUT2D eigenvalue weighted by atomic mass is 35.5. The molecule has 0 amide bonds. The van der Waals surface area contributed by atoms with E-state index in [-0.39, 0.29) is 0 Å². The van der Waals surface area contributed by atoms with Gasteiger partial charge in [-0.05, 0) is 17.7 Å². The lowest BCUT2D eigenvalue weighted by Crippen LogP contribution is -2.02. The van der Waals surface area contributed by atoms with Crippen LogP contribution in [0.2, 0.25) is 5.02 Å². The molecule has 1 aliphatic heterocycles. The summed E-state index contributed by atoms with van der Waals surface area (Å²) in [5.74, 6) is 0. The van der Waals surface area contributed by atoms with Gasteiger partial charge in [-0.2, -0.15) is 0 Å². The SMILES string of the molecule is Clc1ccc2c(c1)[N]CC=C2. The molecule has 2 heteroatoms. The zero-order valence-electron chi connectivity index (χ0n) is 5.92. The number of hydrogen-bond donors (Lipinski definition) is 0. The van der Waals surface area contributed by atoms with Crippen molar-refractivity contribution < 1.29 is 0 Å². The normalized spacial score (nSPS) is 13.9. The molecular weight excluding hydrogens is 158 g/mol. The van der Waals surface area contributed by atoms with Crippen molar-refractivity contribution in [1.82, 2.24) is 5.32 Å². The summed E-state index contributed by atoms with van der Waals surface area (Å²) in [4.78, 5) is 0. The fraction of sp³-hybridized carbons (Fsp3) is 0.111. The second kappa shape index (κ2) is 2.59. The molecule has 0 N–H and O–H groups in total. The van der Waals surface area contributed by atoms with Gasteiger partial charge in [0, 0.05) is 5.02 Å². The minimum absolute atomic E-state index is 0.753. The maximum atomic E-state index is 5.79. The number of hydrogen-bond acceptors (Lipinski definition) is 0. The second-order valence-corrected chi connectivity index (χ2v) is 2.88. The first kappa shape index (κ1) is 6.74. The number of fused-ring (bicyclic) bond motifs is 1. The van der Waals surface area contributed by atoms with Gasteiger partial charge in [0.25, 0.3) is 0 Å². The molecule has 0 saturated carbocycles. The van der Waals surface area contributed by atoms with Crippen molar-refractivity contribution in [2.75, 3.05) is 6.54 Å². The van der Waals surface area contributed by atoms with Crippen LogP contribution >= 0.6 is 11.6 Å². The van der Waals surface area contributed by atoms with Gasteiger partial charge >= 0.3 is 0 Å². The van der Waals surface area contributed by atoms with Crippen molar-refractivity contribution in [3.05, 3.63) is 34.9 Å². The molecule has 1 aromatic carbocycles. The molecule has 0 spiro atoms. The largest absolute Gasteiger partial charge is 0.281 e. The van der Waals surface area contributed by atoms with E-state index in [0.29, 0.717) is 0 Å². The van der Waals surface area contributed by atoms with Crippen LogP contribution in [0.4, 0.5) is 5.69 Å². The Labute approximate surface area is 70.7 Å². The van der Waals surface area contributed by atoms with Gasteiger partial charge in [0.05, 0.1) is 12.2 Å². The van der Waals surface area contributed by atoms with Crippen LogP contribution in [-0.4, -0.2) is 6.54 Å². The van der Waals surface area contributed by atoms with E-state index in [0.717, 1.165) is 22.8 Å². The Balaban J connectivity index is 2.53. The molecule has 0 bridgehead atoms. The Morgan fingerprint density at radius 3 is 3.18 bits per heavy atom. The van der Waals surface area contributed by atoms with Crippen molar-refractivity contribution in [3.63, 3.8) is 0 Å². The lowest BCUT2D eigenvalue weighted by molar-refractivity contribution is 0.965. The van der Waals surface area contributed by atoms with E-state index < -0.39 is 0 Å². The topological polar surface area (TPSA) is 14.1 Å². The maximum absolute atomic E-state index is 5.79. The molecule has 1 aliphatic rings. The molecule has 1 nitrogen and oxygen atoms in total. The zero-order valence-corrected chi connectivity index (χ0v) is 6.67. The summed E-state index contributed by atoms with van der Waals surface area (Å²) in [5.41, 5.74) is 2.15. The van der Waals surface area contributed by atoms with E-state index in [1.54, 1.807) is 0 Å². The summed E-state index contributed by atoms with van der Waals surface area (Å²) in [5, 5.41) is 5.04. The average molecular weight is 165 g/mol. The fourth-order valence-electron chi connectivity index (χ4n) is 1.13. The summed E-state index contributed by atoms with van der Waals surface area (Å²) in [6.45, 7) is 0.771. The monoisotopic (exact) mass is 164 g/mol. The molecule has 2 rings (SSSR count). The highest BCUT2D eigenvalue weighted by Crippen LogP contribution is 2.24. The summed E-state index contributed by atoms with van der Waals surface area (Å²) in [6.07, 6.45) is 4.11. The second-order valence-electron chi connectivity index (χ2n) is 2.45. The highest BCUT2D eigenvalue weighted by Gasteiger charge is 2.03. The minimum Gasteiger partial charge on any atom is -0.281 e. The Kier molecular flexibility index (Phi) is 1.59. The molecule has 55 valence electrons. The van der Waals surface area contributed by atoms with Crippen molar-refractivity contribution >= 4 is 23.4 Å². The molecule has 0 aromatic heterocycles. The van der Waals surface area contributed by atoms with Crippen molar-refractivity contribution in [3.8, 4) is 0 Å². The van der Waals surface area contributed by atoms with Crippen molar-refractivity contribution in [2.24, 2.45) is 0 Å². The molecule has 1 aromatic rings. The van der Waals surface area contributed by atoms with Crippen molar-refractivity contribution in [1.29, 1.82) is 0 Å². The molecule has 0 fully saturated rings. The lowest BCUT2D eigenvalue weighted by Gasteiger charge is -2.09. The fourth-order valence-corrected chi connectivity index (χ4v) is 1.29. The third kappa shape index (κ3) is 1.24. The van der Waals surface area contributed by atoms with Crippen LogP contribution in [0.15, 0.2) is 24.3 Å². The Bertz CT molecular complexity index is 304. The first-order valence-electron chi connectivity index (χ1n) is 3.50. The molecule has 0 atom stereocenters. The van der Waals surface area contributed by atoms with Gasteiger partial charge in [0.2, 0.25) is 0 Å². The first-order valence-corrected chi connectivity index (χ1v) is 3.88. The van der Waals surface area contributed by atoms with Gasteiger partial charge < -0.3 is 0 Å². The summed E-state index contributed by atoms with van der Waals surface area (Å²) >= 11 is 5.79. The van der Waals surface area contributed by atoms with Crippen LogP contribution in [0.25, 0.3) is 6.08 Å². The molecule has 1 radical (unpaired) electrons. The van der Waals surface area contributed by atoms with E-state index in [1.165, 1.54) is 0 Å².